The van der Waals surface area contributed by atoms with E-state index in [-0.39, 0.29) is 0 Å². The largest absolute Gasteiger partial charge is 0.286 e. The van der Waals surface area contributed by atoms with Crippen molar-refractivity contribution >= 4 is 0 Å². The SMILES string of the molecule is C(=CCN1C(c2ccccc2)CCCC1c1ccccc1)CN1C(c2ccccc2)CCCC1c1ccccc1. The molecule has 4 aromatic carbocycles. The second-order valence-corrected chi connectivity index (χ2v) is 11.4. The van der Waals surface area contributed by atoms with E-state index in [0.717, 1.165) is 13.1 Å². The molecule has 0 aliphatic carbocycles. The van der Waals surface area contributed by atoms with Crippen LogP contribution in [0.25, 0.3) is 0 Å². The summed E-state index contributed by atoms with van der Waals surface area (Å²) in [6, 6.07) is 46.4. The highest BCUT2D eigenvalue weighted by Crippen LogP contribution is 2.43. The second kappa shape index (κ2) is 13.3. The molecule has 0 saturated carbocycles. The zero-order chi connectivity index (χ0) is 27.0. The maximum atomic E-state index is 2.75. The van der Waals surface area contributed by atoms with Gasteiger partial charge in [-0.15, -0.1) is 0 Å². The van der Waals surface area contributed by atoms with E-state index < -0.39 is 0 Å². The van der Waals surface area contributed by atoms with Crippen LogP contribution in [-0.4, -0.2) is 22.9 Å². The molecule has 2 nitrogen and oxygen atoms in total. The molecule has 40 heavy (non-hydrogen) atoms. The molecule has 2 aliphatic rings. The van der Waals surface area contributed by atoms with Crippen LogP contribution >= 0.6 is 0 Å². The zero-order valence-electron chi connectivity index (χ0n) is 23.6. The van der Waals surface area contributed by atoms with E-state index in [4.69, 9.17) is 0 Å². The van der Waals surface area contributed by atoms with Gasteiger partial charge in [-0.1, -0.05) is 133 Å². The fraction of sp³-hybridized carbons (Fsp3) is 0.316. The third-order valence-corrected chi connectivity index (χ3v) is 9.05. The lowest BCUT2D eigenvalue weighted by Gasteiger charge is -2.43. The van der Waals surface area contributed by atoms with Gasteiger partial charge in [0.1, 0.15) is 0 Å². The molecule has 0 aromatic heterocycles. The summed E-state index contributed by atoms with van der Waals surface area (Å²) in [5.74, 6) is 0. The summed E-state index contributed by atoms with van der Waals surface area (Å²) < 4.78 is 0. The Labute approximate surface area is 241 Å². The van der Waals surface area contributed by atoms with Crippen molar-refractivity contribution in [2.24, 2.45) is 0 Å². The van der Waals surface area contributed by atoms with Crippen LogP contribution in [0, 0.1) is 0 Å². The number of hydrogen-bond acceptors (Lipinski definition) is 2. The van der Waals surface area contributed by atoms with E-state index >= 15 is 0 Å². The summed E-state index contributed by atoms with van der Waals surface area (Å²) in [7, 11) is 0. The molecule has 0 N–H and O–H groups in total. The number of hydrogen-bond donors (Lipinski definition) is 0. The lowest BCUT2D eigenvalue weighted by Crippen LogP contribution is -2.37. The number of nitrogens with zero attached hydrogens (tertiary/aromatic N) is 2. The topological polar surface area (TPSA) is 6.48 Å². The van der Waals surface area contributed by atoms with Gasteiger partial charge in [-0.05, 0) is 60.8 Å². The van der Waals surface area contributed by atoms with Crippen molar-refractivity contribution in [2.45, 2.75) is 62.7 Å². The van der Waals surface area contributed by atoms with Gasteiger partial charge in [0, 0.05) is 37.3 Å². The van der Waals surface area contributed by atoms with Gasteiger partial charge < -0.3 is 0 Å². The predicted octanol–water partition coefficient (Wildman–Crippen LogP) is 9.48. The molecule has 204 valence electrons. The van der Waals surface area contributed by atoms with Gasteiger partial charge in [0.25, 0.3) is 0 Å². The van der Waals surface area contributed by atoms with E-state index in [9.17, 15) is 0 Å². The highest BCUT2D eigenvalue weighted by atomic mass is 15.2. The lowest BCUT2D eigenvalue weighted by molar-refractivity contribution is 0.0919. The Hall–Kier alpha value is -3.46. The van der Waals surface area contributed by atoms with Gasteiger partial charge in [-0.25, -0.2) is 0 Å². The Morgan fingerprint density at radius 2 is 0.650 bits per heavy atom. The van der Waals surface area contributed by atoms with Crippen molar-refractivity contribution in [2.75, 3.05) is 13.1 Å². The van der Waals surface area contributed by atoms with Gasteiger partial charge in [-0.3, -0.25) is 9.80 Å². The second-order valence-electron chi connectivity index (χ2n) is 11.4. The highest BCUT2D eigenvalue weighted by Gasteiger charge is 2.33. The smallest absolute Gasteiger partial charge is 0.0357 e. The first-order chi connectivity index (χ1) is 19.9. The molecule has 0 radical (unpaired) electrons. The van der Waals surface area contributed by atoms with Crippen molar-refractivity contribution in [1.82, 2.24) is 9.80 Å². The predicted molar refractivity (Wildman–Crippen MR) is 167 cm³/mol. The monoisotopic (exact) mass is 526 g/mol. The molecule has 6 rings (SSSR count). The first kappa shape index (κ1) is 26.7. The minimum absolute atomic E-state index is 0.453. The lowest BCUT2D eigenvalue weighted by atomic mass is 9.87. The molecule has 2 heteroatoms. The van der Waals surface area contributed by atoms with E-state index in [0.29, 0.717) is 24.2 Å². The first-order valence-corrected chi connectivity index (χ1v) is 15.2. The third kappa shape index (κ3) is 6.14. The van der Waals surface area contributed by atoms with E-state index in [1.807, 2.05) is 0 Å². The van der Waals surface area contributed by atoms with Gasteiger partial charge >= 0.3 is 0 Å². The van der Waals surface area contributed by atoms with Crippen molar-refractivity contribution in [3.63, 3.8) is 0 Å². The molecular weight excluding hydrogens is 484 g/mol. The molecule has 2 saturated heterocycles. The van der Waals surface area contributed by atoms with Crippen LogP contribution in [0.3, 0.4) is 0 Å². The van der Waals surface area contributed by atoms with Crippen molar-refractivity contribution in [3.8, 4) is 0 Å². The Balaban J connectivity index is 1.25. The van der Waals surface area contributed by atoms with Crippen LogP contribution in [0.2, 0.25) is 0 Å². The van der Waals surface area contributed by atoms with Crippen LogP contribution in [0.1, 0.15) is 84.9 Å². The standard InChI is InChI=1S/C38H42N2/c1-5-17-31(18-6-1)35-25-15-26-36(32-19-7-2-8-20-32)39(35)29-13-14-30-40-37(33-21-9-3-10-22-33)27-16-28-38(40)34-23-11-4-12-24-34/h1-14,17-24,35-38H,15-16,25-30H2. The quantitative estimate of drug-likeness (QED) is 0.211. The third-order valence-electron chi connectivity index (χ3n) is 9.05. The summed E-state index contributed by atoms with van der Waals surface area (Å²) in [5.41, 5.74) is 5.78. The van der Waals surface area contributed by atoms with E-state index in [1.54, 1.807) is 0 Å². The van der Waals surface area contributed by atoms with Crippen LogP contribution in [0.5, 0.6) is 0 Å². The van der Waals surface area contributed by atoms with Gasteiger partial charge in [0.2, 0.25) is 0 Å². The molecule has 0 bridgehead atoms. The number of likely N-dealkylation sites (tertiary alicyclic amines) is 2. The van der Waals surface area contributed by atoms with Crippen molar-refractivity contribution in [3.05, 3.63) is 156 Å². The molecule has 2 fully saturated rings. The Morgan fingerprint density at radius 1 is 0.400 bits per heavy atom. The summed E-state index contributed by atoms with van der Waals surface area (Å²) in [6.07, 6.45) is 12.3. The minimum Gasteiger partial charge on any atom is -0.286 e. The number of rotatable bonds is 8. The minimum atomic E-state index is 0.453. The Bertz CT molecular complexity index is 1120. The summed E-state index contributed by atoms with van der Waals surface area (Å²) in [4.78, 5) is 5.51. The maximum absolute atomic E-state index is 2.75. The van der Waals surface area contributed by atoms with Gasteiger partial charge in [0.15, 0.2) is 0 Å². The molecule has 2 heterocycles. The Morgan fingerprint density at radius 3 is 0.900 bits per heavy atom. The van der Waals surface area contributed by atoms with Gasteiger partial charge in [0.05, 0.1) is 0 Å². The Kier molecular flexibility index (Phi) is 8.87. The zero-order valence-corrected chi connectivity index (χ0v) is 23.6. The number of benzene rings is 4. The van der Waals surface area contributed by atoms with Gasteiger partial charge in [-0.2, -0.15) is 0 Å². The van der Waals surface area contributed by atoms with Crippen LogP contribution in [0.15, 0.2) is 133 Å². The van der Waals surface area contributed by atoms with Crippen LogP contribution < -0.4 is 0 Å². The van der Waals surface area contributed by atoms with E-state index in [1.165, 1.54) is 60.8 Å². The fourth-order valence-corrected chi connectivity index (χ4v) is 7.14. The summed E-state index contributed by atoms with van der Waals surface area (Å²) >= 11 is 0. The van der Waals surface area contributed by atoms with Crippen molar-refractivity contribution < 1.29 is 0 Å². The fourth-order valence-electron chi connectivity index (χ4n) is 7.14. The molecular formula is C38H42N2. The highest BCUT2D eigenvalue weighted by molar-refractivity contribution is 5.26. The first-order valence-electron chi connectivity index (χ1n) is 15.2. The van der Waals surface area contributed by atoms with E-state index in [2.05, 4.69) is 143 Å². The average Bonchev–Trinajstić information content (AvgIpc) is 3.04. The summed E-state index contributed by atoms with van der Waals surface area (Å²) in [6.45, 7) is 1.94. The molecule has 4 aromatic rings. The molecule has 4 atom stereocenters. The molecule has 4 unspecified atom stereocenters. The molecule has 0 amide bonds. The maximum Gasteiger partial charge on any atom is 0.0357 e. The normalized spacial score (nSPS) is 24.3. The average molecular weight is 527 g/mol. The number of piperidine rings is 2. The van der Waals surface area contributed by atoms with Crippen LogP contribution in [0.4, 0.5) is 0 Å². The molecule has 2 aliphatic heterocycles. The van der Waals surface area contributed by atoms with Crippen molar-refractivity contribution in [1.29, 1.82) is 0 Å². The molecule has 0 spiro atoms. The van der Waals surface area contributed by atoms with Crippen LogP contribution in [-0.2, 0) is 0 Å². The summed E-state index contributed by atoms with van der Waals surface area (Å²) in [5, 5.41) is 0.